The van der Waals surface area contributed by atoms with Crippen LogP contribution in [0.25, 0.3) is 0 Å². The van der Waals surface area contributed by atoms with Crippen molar-refractivity contribution in [3.8, 4) is 0 Å². The van der Waals surface area contributed by atoms with Gasteiger partial charge in [-0.1, -0.05) is 30.3 Å². The summed E-state index contributed by atoms with van der Waals surface area (Å²) in [5.41, 5.74) is 0.946. The van der Waals surface area contributed by atoms with Gasteiger partial charge < -0.3 is 14.6 Å². The lowest BCUT2D eigenvalue weighted by Gasteiger charge is -2.16. The minimum Gasteiger partial charge on any atom is -0.366 e. The summed E-state index contributed by atoms with van der Waals surface area (Å²) in [6.07, 6.45) is -3.96. The van der Waals surface area contributed by atoms with E-state index in [2.05, 4.69) is 0 Å². The Morgan fingerprint density at radius 2 is 2.06 bits per heavy atom. The Morgan fingerprint density at radius 3 is 2.62 bits per heavy atom. The van der Waals surface area contributed by atoms with Gasteiger partial charge in [0.15, 0.2) is 12.5 Å². The first-order valence-electron chi connectivity index (χ1n) is 5.31. The number of ether oxygens (including phenoxy) is 2. The van der Waals surface area contributed by atoms with Crippen molar-refractivity contribution in [1.82, 2.24) is 0 Å². The van der Waals surface area contributed by atoms with E-state index in [9.17, 15) is 9.50 Å². The molecule has 3 nitrogen and oxygen atoms in total. The van der Waals surface area contributed by atoms with Gasteiger partial charge in [0.1, 0.15) is 6.10 Å². The third-order valence-corrected chi connectivity index (χ3v) is 2.68. The van der Waals surface area contributed by atoms with Crippen molar-refractivity contribution in [3.05, 3.63) is 35.9 Å². The Labute approximate surface area is 93.8 Å². The van der Waals surface area contributed by atoms with Crippen molar-refractivity contribution in [2.45, 2.75) is 38.2 Å². The summed E-state index contributed by atoms with van der Waals surface area (Å²) >= 11 is 0. The molecule has 16 heavy (non-hydrogen) atoms. The molecule has 0 spiro atoms. The van der Waals surface area contributed by atoms with Crippen molar-refractivity contribution in [2.75, 3.05) is 0 Å². The van der Waals surface area contributed by atoms with E-state index >= 15 is 0 Å². The molecule has 1 N–H and O–H groups in total. The summed E-state index contributed by atoms with van der Waals surface area (Å²) in [4.78, 5) is 0. The second kappa shape index (κ2) is 4.91. The number of rotatable bonds is 3. The smallest absolute Gasteiger partial charge is 0.184 e. The molecule has 0 amide bonds. The first-order chi connectivity index (χ1) is 7.68. The number of aliphatic hydroxyl groups is 1. The standard InChI is InChI=1S/C12H15FO3/c1-8-10(13)11(12(14)16-8)15-7-9-5-3-2-4-6-9/h2-6,8,10-12,14H,7H2,1H3. The van der Waals surface area contributed by atoms with Crippen molar-refractivity contribution in [2.24, 2.45) is 0 Å². The summed E-state index contributed by atoms with van der Waals surface area (Å²) in [7, 11) is 0. The molecular formula is C12H15FO3. The molecule has 1 saturated heterocycles. The minimum atomic E-state index is -1.28. The number of aliphatic hydroxyl groups excluding tert-OH is 1. The van der Waals surface area contributed by atoms with Crippen LogP contribution in [-0.2, 0) is 16.1 Å². The average molecular weight is 226 g/mol. The highest BCUT2D eigenvalue weighted by Crippen LogP contribution is 2.25. The fourth-order valence-electron chi connectivity index (χ4n) is 1.74. The second-order valence-electron chi connectivity index (χ2n) is 3.94. The Bertz CT molecular complexity index is 330. The molecule has 1 heterocycles. The maximum absolute atomic E-state index is 13.5. The van der Waals surface area contributed by atoms with Gasteiger partial charge in [0, 0.05) is 0 Å². The molecule has 0 radical (unpaired) electrons. The molecule has 0 aromatic heterocycles. The Morgan fingerprint density at radius 1 is 1.38 bits per heavy atom. The highest BCUT2D eigenvalue weighted by molar-refractivity contribution is 5.13. The van der Waals surface area contributed by atoms with Gasteiger partial charge in [-0.2, -0.15) is 0 Å². The maximum atomic E-state index is 13.5. The third-order valence-electron chi connectivity index (χ3n) is 2.68. The summed E-state index contributed by atoms with van der Waals surface area (Å²) in [6.45, 7) is 1.86. The van der Waals surface area contributed by atoms with Gasteiger partial charge in [-0.25, -0.2) is 4.39 Å². The van der Waals surface area contributed by atoms with Crippen LogP contribution in [0.5, 0.6) is 0 Å². The van der Waals surface area contributed by atoms with Crippen molar-refractivity contribution in [3.63, 3.8) is 0 Å². The number of hydrogen-bond donors (Lipinski definition) is 1. The Kier molecular flexibility index (Phi) is 3.53. The summed E-state index contributed by atoms with van der Waals surface area (Å²) in [5.74, 6) is 0. The lowest BCUT2D eigenvalue weighted by molar-refractivity contribution is -0.143. The topological polar surface area (TPSA) is 38.7 Å². The van der Waals surface area contributed by atoms with Crippen LogP contribution >= 0.6 is 0 Å². The van der Waals surface area contributed by atoms with Gasteiger partial charge in [-0.05, 0) is 12.5 Å². The zero-order valence-corrected chi connectivity index (χ0v) is 9.04. The summed E-state index contributed by atoms with van der Waals surface area (Å²) in [5, 5.41) is 9.42. The van der Waals surface area contributed by atoms with E-state index < -0.39 is 24.7 Å². The minimum absolute atomic E-state index is 0.277. The molecule has 2 rings (SSSR count). The lowest BCUT2D eigenvalue weighted by atomic mass is 10.2. The molecule has 1 aromatic carbocycles. The van der Waals surface area contributed by atoms with E-state index in [0.29, 0.717) is 0 Å². The van der Waals surface area contributed by atoms with Crippen LogP contribution in [0.4, 0.5) is 4.39 Å². The number of hydrogen-bond acceptors (Lipinski definition) is 3. The molecular weight excluding hydrogens is 211 g/mol. The number of halogens is 1. The van der Waals surface area contributed by atoms with Crippen LogP contribution in [0.1, 0.15) is 12.5 Å². The monoisotopic (exact) mass is 226 g/mol. The van der Waals surface area contributed by atoms with Crippen molar-refractivity contribution >= 4 is 0 Å². The molecule has 1 aliphatic rings. The zero-order chi connectivity index (χ0) is 11.5. The van der Waals surface area contributed by atoms with Crippen molar-refractivity contribution in [1.29, 1.82) is 0 Å². The first kappa shape index (κ1) is 11.5. The van der Waals surface area contributed by atoms with Gasteiger partial charge in [0.25, 0.3) is 0 Å². The van der Waals surface area contributed by atoms with Crippen molar-refractivity contribution < 1.29 is 19.0 Å². The van der Waals surface area contributed by atoms with E-state index in [4.69, 9.17) is 9.47 Å². The molecule has 0 aliphatic carbocycles. The van der Waals surface area contributed by atoms with Crippen LogP contribution in [0.2, 0.25) is 0 Å². The lowest BCUT2D eigenvalue weighted by Crippen LogP contribution is -2.31. The molecule has 4 heteroatoms. The van der Waals surface area contributed by atoms with Gasteiger partial charge in [-0.3, -0.25) is 0 Å². The van der Waals surface area contributed by atoms with E-state index in [-0.39, 0.29) is 6.61 Å². The van der Waals surface area contributed by atoms with Crippen LogP contribution in [0.3, 0.4) is 0 Å². The normalized spacial score (nSPS) is 34.2. The molecule has 1 aliphatic heterocycles. The number of benzene rings is 1. The van der Waals surface area contributed by atoms with Gasteiger partial charge in [-0.15, -0.1) is 0 Å². The van der Waals surface area contributed by atoms with E-state index in [0.717, 1.165) is 5.56 Å². The van der Waals surface area contributed by atoms with Gasteiger partial charge in [0.2, 0.25) is 0 Å². The summed E-state index contributed by atoms with van der Waals surface area (Å²) in [6, 6.07) is 9.44. The Hall–Kier alpha value is -0.970. The van der Waals surface area contributed by atoms with Crippen LogP contribution < -0.4 is 0 Å². The molecule has 1 aromatic rings. The highest BCUT2D eigenvalue weighted by atomic mass is 19.1. The zero-order valence-electron chi connectivity index (χ0n) is 9.04. The predicted molar refractivity (Wildman–Crippen MR) is 56.5 cm³/mol. The first-order valence-corrected chi connectivity index (χ1v) is 5.31. The number of alkyl halides is 1. The Balaban J connectivity index is 1.91. The second-order valence-corrected chi connectivity index (χ2v) is 3.94. The van der Waals surface area contributed by atoms with E-state index in [1.54, 1.807) is 6.92 Å². The fourth-order valence-corrected chi connectivity index (χ4v) is 1.74. The van der Waals surface area contributed by atoms with E-state index in [1.165, 1.54) is 0 Å². The van der Waals surface area contributed by atoms with Crippen LogP contribution in [0.15, 0.2) is 30.3 Å². The molecule has 4 unspecified atom stereocenters. The average Bonchev–Trinajstić information content (AvgIpc) is 2.53. The fraction of sp³-hybridized carbons (Fsp3) is 0.500. The van der Waals surface area contributed by atoms with E-state index in [1.807, 2.05) is 30.3 Å². The SMILES string of the molecule is CC1OC(O)C(OCc2ccccc2)C1F. The molecule has 0 saturated carbocycles. The van der Waals surface area contributed by atoms with Gasteiger partial charge in [0.05, 0.1) is 12.7 Å². The van der Waals surface area contributed by atoms with Crippen LogP contribution in [-0.4, -0.2) is 29.8 Å². The third kappa shape index (κ3) is 2.40. The highest BCUT2D eigenvalue weighted by Gasteiger charge is 2.42. The molecule has 4 atom stereocenters. The van der Waals surface area contributed by atoms with Crippen LogP contribution in [0, 0.1) is 0 Å². The van der Waals surface area contributed by atoms with Gasteiger partial charge >= 0.3 is 0 Å². The molecule has 88 valence electrons. The quantitative estimate of drug-likeness (QED) is 0.851. The molecule has 0 bridgehead atoms. The summed E-state index contributed by atoms with van der Waals surface area (Å²) < 4.78 is 23.8. The maximum Gasteiger partial charge on any atom is 0.184 e. The molecule has 1 fully saturated rings. The largest absolute Gasteiger partial charge is 0.366 e. The predicted octanol–water partition coefficient (Wildman–Crippen LogP) is 1.65.